The quantitative estimate of drug-likeness (QED) is 0.749. The van der Waals surface area contributed by atoms with Gasteiger partial charge >= 0.3 is 0 Å². The molecule has 4 heteroatoms. The third-order valence-corrected chi connectivity index (χ3v) is 3.51. The van der Waals surface area contributed by atoms with E-state index < -0.39 is 0 Å². The topological polar surface area (TPSA) is 45.9 Å². The first kappa shape index (κ1) is 11.2. The van der Waals surface area contributed by atoms with Crippen molar-refractivity contribution in [2.75, 3.05) is 0 Å². The highest BCUT2D eigenvalue weighted by Crippen LogP contribution is 2.37. The number of hydrogen-bond acceptors (Lipinski definition) is 3. The standard InChI is InChI=1S/C14H9BrN2O/c15-9-3-4-14-11(6-9)12(7-16)10-2-1-5-17-13(10)8-18-14/h1-6,12H,8H2/t12-/m1/s1. The molecule has 0 amide bonds. The van der Waals surface area contributed by atoms with Crippen molar-refractivity contribution in [3.05, 3.63) is 57.8 Å². The second-order valence-electron chi connectivity index (χ2n) is 4.07. The number of nitriles is 1. The lowest BCUT2D eigenvalue weighted by molar-refractivity contribution is 0.302. The van der Waals surface area contributed by atoms with Crippen LogP contribution in [0.25, 0.3) is 0 Å². The van der Waals surface area contributed by atoms with Gasteiger partial charge in [0.25, 0.3) is 0 Å². The van der Waals surface area contributed by atoms with Gasteiger partial charge in [0, 0.05) is 16.2 Å². The van der Waals surface area contributed by atoms with Gasteiger partial charge in [-0.05, 0) is 29.8 Å². The highest BCUT2D eigenvalue weighted by atomic mass is 79.9. The predicted octanol–water partition coefficient (Wildman–Crippen LogP) is 3.39. The van der Waals surface area contributed by atoms with E-state index in [1.165, 1.54) is 0 Å². The molecule has 1 atom stereocenters. The van der Waals surface area contributed by atoms with Crippen molar-refractivity contribution in [1.82, 2.24) is 4.98 Å². The fourth-order valence-electron chi connectivity index (χ4n) is 2.16. The van der Waals surface area contributed by atoms with Crippen LogP contribution < -0.4 is 4.74 Å². The minimum absolute atomic E-state index is 0.330. The Morgan fingerprint density at radius 1 is 1.33 bits per heavy atom. The Bertz CT molecular complexity index is 648. The summed E-state index contributed by atoms with van der Waals surface area (Å²) in [6, 6.07) is 11.9. The Morgan fingerprint density at radius 2 is 2.22 bits per heavy atom. The van der Waals surface area contributed by atoms with E-state index in [0.717, 1.165) is 27.0 Å². The first-order valence-electron chi connectivity index (χ1n) is 5.55. The van der Waals surface area contributed by atoms with E-state index >= 15 is 0 Å². The zero-order chi connectivity index (χ0) is 12.5. The summed E-state index contributed by atoms with van der Waals surface area (Å²) in [6.07, 6.45) is 1.72. The molecule has 3 nitrogen and oxygen atoms in total. The van der Waals surface area contributed by atoms with Crippen LogP contribution in [0.3, 0.4) is 0 Å². The molecule has 18 heavy (non-hydrogen) atoms. The van der Waals surface area contributed by atoms with Gasteiger partial charge in [-0.2, -0.15) is 5.26 Å². The molecular weight excluding hydrogens is 292 g/mol. The molecule has 1 aromatic heterocycles. The van der Waals surface area contributed by atoms with Crippen molar-refractivity contribution in [2.45, 2.75) is 12.5 Å². The number of nitrogens with zero attached hydrogens (tertiary/aromatic N) is 2. The molecule has 0 bridgehead atoms. The molecule has 88 valence electrons. The van der Waals surface area contributed by atoms with Crippen LogP contribution in [-0.4, -0.2) is 4.98 Å². The van der Waals surface area contributed by atoms with Crippen LogP contribution in [0, 0.1) is 11.3 Å². The SMILES string of the molecule is N#C[C@H]1c2cc(Br)ccc2OCc2ncccc21. The van der Waals surface area contributed by atoms with Crippen molar-refractivity contribution in [2.24, 2.45) is 0 Å². The lowest BCUT2D eigenvalue weighted by Crippen LogP contribution is -2.01. The van der Waals surface area contributed by atoms with Gasteiger partial charge in [0.1, 0.15) is 18.3 Å². The van der Waals surface area contributed by atoms with Crippen LogP contribution in [-0.2, 0) is 6.61 Å². The number of halogens is 1. The highest BCUT2D eigenvalue weighted by Gasteiger charge is 2.25. The monoisotopic (exact) mass is 300 g/mol. The second-order valence-corrected chi connectivity index (χ2v) is 4.99. The first-order valence-corrected chi connectivity index (χ1v) is 6.34. The van der Waals surface area contributed by atoms with Crippen LogP contribution in [0.2, 0.25) is 0 Å². The average molecular weight is 301 g/mol. The summed E-state index contributed by atoms with van der Waals surface area (Å²) >= 11 is 3.43. The molecule has 1 aliphatic rings. The van der Waals surface area contributed by atoms with E-state index in [0.29, 0.717) is 6.61 Å². The molecule has 0 unspecified atom stereocenters. The number of rotatable bonds is 0. The van der Waals surface area contributed by atoms with E-state index in [1.54, 1.807) is 6.20 Å². The Hall–Kier alpha value is -1.86. The van der Waals surface area contributed by atoms with Gasteiger partial charge in [-0.15, -0.1) is 0 Å². The number of pyridine rings is 1. The summed E-state index contributed by atoms with van der Waals surface area (Å²) in [5.74, 6) is 0.423. The van der Waals surface area contributed by atoms with Crippen LogP contribution in [0.15, 0.2) is 41.0 Å². The van der Waals surface area contributed by atoms with Crippen LogP contribution >= 0.6 is 15.9 Å². The maximum absolute atomic E-state index is 9.45. The van der Waals surface area contributed by atoms with Crippen LogP contribution in [0.5, 0.6) is 5.75 Å². The van der Waals surface area contributed by atoms with Crippen molar-refractivity contribution >= 4 is 15.9 Å². The molecule has 0 N–H and O–H groups in total. The average Bonchev–Trinajstić information content (AvgIpc) is 2.54. The lowest BCUT2D eigenvalue weighted by Gasteiger charge is -2.11. The summed E-state index contributed by atoms with van der Waals surface area (Å²) in [5.41, 5.74) is 2.65. The maximum atomic E-state index is 9.45. The van der Waals surface area contributed by atoms with Crippen LogP contribution in [0.1, 0.15) is 22.7 Å². The van der Waals surface area contributed by atoms with Crippen LogP contribution in [0.4, 0.5) is 0 Å². The molecule has 1 aromatic carbocycles. The smallest absolute Gasteiger partial charge is 0.131 e. The summed E-state index contributed by atoms with van der Waals surface area (Å²) < 4.78 is 6.67. The molecule has 0 saturated heterocycles. The predicted molar refractivity (Wildman–Crippen MR) is 70.2 cm³/mol. The third kappa shape index (κ3) is 1.77. The fourth-order valence-corrected chi connectivity index (χ4v) is 2.54. The van der Waals surface area contributed by atoms with Crippen molar-refractivity contribution < 1.29 is 4.74 Å². The largest absolute Gasteiger partial charge is 0.487 e. The Labute approximate surface area is 113 Å². The molecule has 2 heterocycles. The Kier molecular flexibility index (Phi) is 2.77. The highest BCUT2D eigenvalue weighted by molar-refractivity contribution is 9.10. The minimum atomic E-state index is -0.330. The van der Waals surface area contributed by atoms with Gasteiger partial charge in [-0.3, -0.25) is 4.98 Å². The number of hydrogen-bond donors (Lipinski definition) is 0. The normalized spacial score (nSPS) is 16.8. The van der Waals surface area contributed by atoms with Gasteiger partial charge in [0.2, 0.25) is 0 Å². The molecule has 0 aliphatic carbocycles. The Morgan fingerprint density at radius 3 is 3.06 bits per heavy atom. The summed E-state index contributed by atoms with van der Waals surface area (Å²) in [6.45, 7) is 0.406. The van der Waals surface area contributed by atoms with E-state index in [4.69, 9.17) is 4.74 Å². The van der Waals surface area contributed by atoms with Gasteiger partial charge in [0.15, 0.2) is 0 Å². The second kappa shape index (κ2) is 4.43. The van der Waals surface area contributed by atoms with Gasteiger partial charge in [-0.25, -0.2) is 0 Å². The first-order chi connectivity index (χ1) is 8.79. The maximum Gasteiger partial charge on any atom is 0.131 e. The van der Waals surface area contributed by atoms with Gasteiger partial charge in [0.05, 0.1) is 11.8 Å². The molecule has 2 aromatic rings. The third-order valence-electron chi connectivity index (χ3n) is 3.01. The number of benzene rings is 1. The number of ether oxygens (including phenoxy) is 1. The lowest BCUT2D eigenvalue weighted by atomic mass is 9.92. The molecule has 0 radical (unpaired) electrons. The molecule has 0 fully saturated rings. The van der Waals surface area contributed by atoms with Crippen molar-refractivity contribution in [1.29, 1.82) is 5.26 Å². The van der Waals surface area contributed by atoms with Crippen molar-refractivity contribution in [3.8, 4) is 11.8 Å². The molecule has 0 spiro atoms. The van der Waals surface area contributed by atoms with Gasteiger partial charge in [-0.1, -0.05) is 22.0 Å². The molecule has 3 rings (SSSR count). The number of fused-ring (bicyclic) bond motifs is 2. The van der Waals surface area contributed by atoms with Gasteiger partial charge < -0.3 is 4.74 Å². The summed E-state index contributed by atoms with van der Waals surface area (Å²) in [4.78, 5) is 4.30. The molecule has 0 saturated carbocycles. The molecular formula is C14H9BrN2O. The van der Waals surface area contributed by atoms with E-state index in [1.807, 2.05) is 30.3 Å². The molecule has 1 aliphatic heterocycles. The zero-order valence-electron chi connectivity index (χ0n) is 9.43. The Balaban J connectivity index is 2.24. The van der Waals surface area contributed by atoms with E-state index in [2.05, 4.69) is 27.0 Å². The van der Waals surface area contributed by atoms with E-state index in [-0.39, 0.29) is 5.92 Å². The summed E-state index contributed by atoms with van der Waals surface area (Å²) in [5, 5.41) is 9.45. The van der Waals surface area contributed by atoms with E-state index in [9.17, 15) is 5.26 Å². The number of aromatic nitrogens is 1. The minimum Gasteiger partial charge on any atom is -0.487 e. The fraction of sp³-hybridized carbons (Fsp3) is 0.143. The van der Waals surface area contributed by atoms with Crippen molar-refractivity contribution in [3.63, 3.8) is 0 Å². The zero-order valence-corrected chi connectivity index (χ0v) is 11.0. The summed E-state index contributed by atoms with van der Waals surface area (Å²) in [7, 11) is 0.